The Morgan fingerprint density at radius 3 is 2.46 bits per heavy atom. The molecule has 3 rings (SSSR count). The topological polar surface area (TPSA) is 50.8 Å². The number of amides is 1. The van der Waals surface area contributed by atoms with E-state index in [4.69, 9.17) is 9.47 Å². The number of hydrogen-bond donors (Lipinski definition) is 1. The van der Waals surface area contributed by atoms with Crippen LogP contribution in [0.3, 0.4) is 0 Å². The van der Waals surface area contributed by atoms with Crippen molar-refractivity contribution in [2.24, 2.45) is 0 Å². The number of para-hydroxylation sites is 1. The van der Waals surface area contributed by atoms with Gasteiger partial charge in [0, 0.05) is 12.1 Å². The molecule has 1 N–H and O–H groups in total. The van der Waals surface area contributed by atoms with E-state index >= 15 is 0 Å². The van der Waals surface area contributed by atoms with Gasteiger partial charge in [0.25, 0.3) is 5.91 Å². The fourth-order valence-corrected chi connectivity index (χ4v) is 3.65. The number of likely N-dealkylation sites (tertiary alicyclic amines) is 1. The molecule has 1 fully saturated rings. The largest absolute Gasteiger partial charge is 0.496 e. The molecule has 2 aromatic carbocycles. The van der Waals surface area contributed by atoms with Gasteiger partial charge in [-0.25, -0.2) is 0 Å². The van der Waals surface area contributed by atoms with Crippen LogP contribution in [0, 0.1) is 6.92 Å². The number of nitrogens with zero attached hydrogens (tertiary/aromatic N) is 1. The zero-order valence-electron chi connectivity index (χ0n) is 17.0. The van der Waals surface area contributed by atoms with Crippen LogP contribution in [0.1, 0.15) is 36.9 Å². The van der Waals surface area contributed by atoms with Gasteiger partial charge < -0.3 is 14.8 Å². The van der Waals surface area contributed by atoms with Crippen LogP contribution in [0.5, 0.6) is 11.5 Å². The molecule has 2 unspecified atom stereocenters. The van der Waals surface area contributed by atoms with Crippen LogP contribution in [0.4, 0.5) is 0 Å². The van der Waals surface area contributed by atoms with Crippen molar-refractivity contribution in [3.05, 3.63) is 59.7 Å². The summed E-state index contributed by atoms with van der Waals surface area (Å²) in [4.78, 5) is 15.1. The van der Waals surface area contributed by atoms with Crippen molar-refractivity contribution in [1.82, 2.24) is 10.2 Å². The first kappa shape index (κ1) is 20.2. The summed E-state index contributed by atoms with van der Waals surface area (Å²) < 4.78 is 11.4. The number of carbonyl (C=O) groups is 1. The van der Waals surface area contributed by atoms with Crippen LogP contribution in [-0.4, -0.2) is 43.7 Å². The lowest BCUT2D eigenvalue weighted by molar-refractivity contribution is -0.127. The first-order valence-corrected chi connectivity index (χ1v) is 9.96. The van der Waals surface area contributed by atoms with Gasteiger partial charge in [0.05, 0.1) is 13.2 Å². The Morgan fingerprint density at radius 2 is 1.79 bits per heavy atom. The molecule has 1 aliphatic heterocycles. The first-order chi connectivity index (χ1) is 13.6. The van der Waals surface area contributed by atoms with E-state index in [1.165, 1.54) is 12.8 Å². The van der Waals surface area contributed by atoms with Crippen molar-refractivity contribution in [3.63, 3.8) is 0 Å². The van der Waals surface area contributed by atoms with Gasteiger partial charge in [-0.2, -0.15) is 0 Å². The van der Waals surface area contributed by atoms with Crippen molar-refractivity contribution in [3.8, 4) is 11.5 Å². The highest BCUT2D eigenvalue weighted by Gasteiger charge is 2.27. The summed E-state index contributed by atoms with van der Waals surface area (Å²) in [6.45, 7) is 6.40. The summed E-state index contributed by atoms with van der Waals surface area (Å²) >= 11 is 0. The Kier molecular flexibility index (Phi) is 6.93. The summed E-state index contributed by atoms with van der Waals surface area (Å²) in [6.07, 6.45) is 1.82. The van der Waals surface area contributed by atoms with Gasteiger partial charge in [0.1, 0.15) is 11.5 Å². The lowest BCUT2D eigenvalue weighted by Crippen LogP contribution is -2.42. The second-order valence-electron chi connectivity index (χ2n) is 7.32. The predicted octanol–water partition coefficient (Wildman–Crippen LogP) is 3.72. The first-order valence-electron chi connectivity index (χ1n) is 9.96. The average Bonchev–Trinajstić information content (AvgIpc) is 3.24. The fraction of sp³-hybridized carbons (Fsp3) is 0.435. The Labute approximate surface area is 167 Å². The van der Waals surface area contributed by atoms with Gasteiger partial charge in [-0.1, -0.05) is 35.9 Å². The molecule has 5 nitrogen and oxygen atoms in total. The molecule has 2 atom stereocenters. The number of nitrogens with one attached hydrogen (secondary N) is 1. The third kappa shape index (κ3) is 5.04. The highest BCUT2D eigenvalue weighted by Crippen LogP contribution is 2.31. The van der Waals surface area contributed by atoms with Crippen molar-refractivity contribution in [1.29, 1.82) is 0 Å². The Morgan fingerprint density at radius 1 is 1.11 bits per heavy atom. The van der Waals surface area contributed by atoms with Gasteiger partial charge in [-0.05, 0) is 58.0 Å². The standard InChI is InChI=1S/C23H30N2O3/c1-17-10-12-19(13-11-17)28-18(2)23(26)24-16-21(25-14-6-7-15-25)20-8-4-5-9-22(20)27-3/h4-5,8-13,18,21H,6-7,14-16H2,1-3H3,(H,24,26). The van der Waals surface area contributed by atoms with Crippen molar-refractivity contribution < 1.29 is 14.3 Å². The molecule has 1 saturated heterocycles. The van der Waals surface area contributed by atoms with Crippen molar-refractivity contribution in [2.75, 3.05) is 26.7 Å². The Hall–Kier alpha value is -2.53. The van der Waals surface area contributed by atoms with E-state index in [9.17, 15) is 4.79 Å². The number of ether oxygens (including phenoxy) is 2. The average molecular weight is 383 g/mol. The smallest absolute Gasteiger partial charge is 0.260 e. The minimum atomic E-state index is -0.556. The minimum absolute atomic E-state index is 0.0918. The molecule has 0 radical (unpaired) electrons. The lowest BCUT2D eigenvalue weighted by Gasteiger charge is -2.29. The number of hydrogen-bond acceptors (Lipinski definition) is 4. The number of benzene rings is 2. The van der Waals surface area contributed by atoms with Gasteiger partial charge in [0.15, 0.2) is 6.10 Å². The zero-order valence-corrected chi connectivity index (χ0v) is 17.0. The second-order valence-corrected chi connectivity index (χ2v) is 7.32. The molecule has 1 heterocycles. The number of methoxy groups -OCH3 is 1. The van der Waals surface area contributed by atoms with Crippen molar-refractivity contribution in [2.45, 2.75) is 38.8 Å². The molecule has 1 aliphatic rings. The summed E-state index contributed by atoms with van der Waals surface area (Å²) in [7, 11) is 1.69. The number of aryl methyl sites for hydroxylation is 1. The van der Waals surface area contributed by atoms with E-state index in [0.29, 0.717) is 12.3 Å². The molecule has 0 bridgehead atoms. The van der Waals surface area contributed by atoms with Crippen LogP contribution < -0.4 is 14.8 Å². The summed E-state index contributed by atoms with van der Waals surface area (Å²) in [6, 6.07) is 15.9. The van der Waals surface area contributed by atoms with E-state index in [1.54, 1.807) is 14.0 Å². The monoisotopic (exact) mass is 382 g/mol. The third-order valence-corrected chi connectivity index (χ3v) is 5.25. The molecule has 0 saturated carbocycles. The van der Waals surface area contributed by atoms with E-state index in [0.717, 1.165) is 30.0 Å². The normalized spacial score (nSPS) is 16.4. The number of rotatable bonds is 8. The van der Waals surface area contributed by atoms with E-state index in [-0.39, 0.29) is 11.9 Å². The summed E-state index contributed by atoms with van der Waals surface area (Å²) in [5, 5.41) is 3.08. The van der Waals surface area contributed by atoms with Crippen LogP contribution in [0.2, 0.25) is 0 Å². The summed E-state index contributed by atoms with van der Waals surface area (Å²) in [5.74, 6) is 1.45. The SMILES string of the molecule is COc1ccccc1C(CNC(=O)C(C)Oc1ccc(C)cc1)N1CCCC1. The van der Waals surface area contributed by atoms with Gasteiger partial charge >= 0.3 is 0 Å². The maximum Gasteiger partial charge on any atom is 0.260 e. The Bertz CT molecular complexity index is 770. The second kappa shape index (κ2) is 9.60. The molecular formula is C23H30N2O3. The van der Waals surface area contributed by atoms with E-state index in [2.05, 4.69) is 16.3 Å². The molecule has 0 spiro atoms. The third-order valence-electron chi connectivity index (χ3n) is 5.25. The van der Waals surface area contributed by atoms with E-state index < -0.39 is 6.10 Å². The van der Waals surface area contributed by atoms with Crippen LogP contribution in [-0.2, 0) is 4.79 Å². The highest BCUT2D eigenvalue weighted by atomic mass is 16.5. The van der Waals surface area contributed by atoms with Crippen molar-refractivity contribution >= 4 is 5.91 Å². The summed E-state index contributed by atoms with van der Waals surface area (Å²) in [5.41, 5.74) is 2.27. The van der Waals surface area contributed by atoms with E-state index in [1.807, 2.05) is 49.4 Å². The predicted molar refractivity (Wildman–Crippen MR) is 111 cm³/mol. The molecule has 5 heteroatoms. The molecule has 1 amide bonds. The molecule has 0 aliphatic carbocycles. The molecular weight excluding hydrogens is 352 g/mol. The van der Waals surface area contributed by atoms with Gasteiger partial charge in [0.2, 0.25) is 0 Å². The van der Waals surface area contributed by atoms with Gasteiger partial charge in [-0.3, -0.25) is 9.69 Å². The van der Waals surface area contributed by atoms with Crippen LogP contribution in [0.15, 0.2) is 48.5 Å². The molecule has 2 aromatic rings. The molecule has 0 aromatic heterocycles. The highest BCUT2D eigenvalue weighted by molar-refractivity contribution is 5.80. The van der Waals surface area contributed by atoms with Crippen LogP contribution in [0.25, 0.3) is 0 Å². The zero-order chi connectivity index (χ0) is 19.9. The molecule has 150 valence electrons. The van der Waals surface area contributed by atoms with Crippen LogP contribution >= 0.6 is 0 Å². The lowest BCUT2D eigenvalue weighted by atomic mass is 10.0. The maximum absolute atomic E-state index is 12.6. The quantitative estimate of drug-likeness (QED) is 0.756. The minimum Gasteiger partial charge on any atom is -0.496 e. The fourth-order valence-electron chi connectivity index (χ4n) is 3.65. The van der Waals surface area contributed by atoms with Gasteiger partial charge in [-0.15, -0.1) is 0 Å². The number of carbonyl (C=O) groups excluding carboxylic acids is 1. The molecule has 28 heavy (non-hydrogen) atoms. The Balaban J connectivity index is 1.65. The maximum atomic E-state index is 12.6.